The van der Waals surface area contributed by atoms with Crippen LogP contribution in [0.2, 0.25) is 0 Å². The second-order valence-corrected chi connectivity index (χ2v) is 3.63. The second kappa shape index (κ2) is 5.43. The number of nitrogens with one attached hydrogen (secondary N) is 1. The Bertz CT molecular complexity index is 418. The number of nitrogens with zero attached hydrogens (tertiary/aromatic N) is 1. The summed E-state index contributed by atoms with van der Waals surface area (Å²) in [4.78, 5) is 13.6. The van der Waals surface area contributed by atoms with E-state index in [2.05, 4.69) is 5.32 Å². The fraction of sp³-hybridized carbons (Fsp3) is 0.417. The predicted octanol–water partition coefficient (Wildman–Crippen LogP) is 1.22. The third-order valence-corrected chi connectivity index (χ3v) is 2.65. The van der Waals surface area contributed by atoms with E-state index in [1.807, 2.05) is 18.9 Å². The number of phenolic OH excluding ortho intramolecular Hbond substituents is 1. The van der Waals surface area contributed by atoms with Gasteiger partial charge in [0.2, 0.25) is 0 Å². The lowest BCUT2D eigenvalue weighted by atomic mass is 10.1. The maximum Gasteiger partial charge on any atom is 0.253 e. The van der Waals surface area contributed by atoms with Gasteiger partial charge in [-0.2, -0.15) is 0 Å². The number of carbonyl (C=O) groups is 1. The zero-order valence-corrected chi connectivity index (χ0v) is 10.6. The molecule has 0 radical (unpaired) electrons. The Morgan fingerprint density at radius 2 is 2.18 bits per heavy atom. The van der Waals surface area contributed by atoms with E-state index in [1.54, 1.807) is 7.05 Å². The SMILES string of the molecule is CCN(C)c1cc(O)c(OC)cc1C(=O)NC. The standard InChI is InChI=1S/C12H18N2O3/c1-5-14(3)9-7-10(15)11(17-4)6-8(9)12(16)13-2/h6-7,15H,5H2,1-4H3,(H,13,16). The number of phenols is 1. The molecule has 0 heterocycles. The second-order valence-electron chi connectivity index (χ2n) is 3.63. The van der Waals surface area contributed by atoms with Crippen LogP contribution >= 0.6 is 0 Å². The van der Waals surface area contributed by atoms with Crippen LogP contribution in [0.3, 0.4) is 0 Å². The van der Waals surface area contributed by atoms with Gasteiger partial charge in [0.1, 0.15) is 0 Å². The van der Waals surface area contributed by atoms with Crippen molar-refractivity contribution in [1.29, 1.82) is 0 Å². The third-order valence-electron chi connectivity index (χ3n) is 2.65. The summed E-state index contributed by atoms with van der Waals surface area (Å²) in [5.74, 6) is 0.103. The Labute approximate surface area is 101 Å². The predicted molar refractivity (Wildman–Crippen MR) is 67.0 cm³/mol. The lowest BCUT2D eigenvalue weighted by Crippen LogP contribution is -2.24. The first-order valence-electron chi connectivity index (χ1n) is 5.39. The van der Waals surface area contributed by atoms with E-state index in [1.165, 1.54) is 19.2 Å². The fourth-order valence-electron chi connectivity index (χ4n) is 1.52. The summed E-state index contributed by atoms with van der Waals surface area (Å²) in [6, 6.07) is 3.07. The van der Waals surface area contributed by atoms with Gasteiger partial charge in [0, 0.05) is 26.7 Å². The number of hydrogen-bond donors (Lipinski definition) is 2. The molecular formula is C12H18N2O3. The van der Waals surface area contributed by atoms with Crippen molar-refractivity contribution in [2.24, 2.45) is 0 Å². The van der Waals surface area contributed by atoms with E-state index in [-0.39, 0.29) is 17.4 Å². The van der Waals surface area contributed by atoms with Crippen molar-refractivity contribution in [2.45, 2.75) is 6.92 Å². The van der Waals surface area contributed by atoms with E-state index in [0.29, 0.717) is 11.3 Å². The first kappa shape index (κ1) is 13.2. The molecule has 1 amide bonds. The summed E-state index contributed by atoms with van der Waals surface area (Å²) in [5.41, 5.74) is 1.15. The molecule has 2 N–H and O–H groups in total. The van der Waals surface area contributed by atoms with Gasteiger partial charge in [-0.05, 0) is 13.0 Å². The van der Waals surface area contributed by atoms with Gasteiger partial charge in [-0.1, -0.05) is 0 Å². The Balaban J connectivity index is 3.35. The summed E-state index contributed by atoms with van der Waals surface area (Å²) in [5, 5.41) is 12.3. The van der Waals surface area contributed by atoms with E-state index >= 15 is 0 Å². The minimum Gasteiger partial charge on any atom is -0.504 e. The van der Waals surface area contributed by atoms with Crippen LogP contribution in [0.1, 0.15) is 17.3 Å². The van der Waals surface area contributed by atoms with E-state index in [4.69, 9.17) is 4.74 Å². The molecule has 0 aromatic heterocycles. The van der Waals surface area contributed by atoms with Gasteiger partial charge in [-0.3, -0.25) is 4.79 Å². The van der Waals surface area contributed by atoms with Gasteiger partial charge in [0.25, 0.3) is 5.91 Å². The van der Waals surface area contributed by atoms with Crippen molar-refractivity contribution in [2.75, 3.05) is 32.6 Å². The summed E-state index contributed by atoms with van der Waals surface area (Å²) in [7, 11) is 4.87. The average Bonchev–Trinajstić information content (AvgIpc) is 2.36. The molecule has 5 nitrogen and oxygen atoms in total. The van der Waals surface area contributed by atoms with Crippen molar-refractivity contribution in [3.05, 3.63) is 17.7 Å². The van der Waals surface area contributed by atoms with E-state index in [9.17, 15) is 9.90 Å². The number of benzene rings is 1. The molecule has 0 saturated heterocycles. The highest BCUT2D eigenvalue weighted by Crippen LogP contribution is 2.33. The molecule has 0 aliphatic rings. The van der Waals surface area contributed by atoms with Crippen LogP contribution in [-0.2, 0) is 0 Å². The lowest BCUT2D eigenvalue weighted by Gasteiger charge is -2.21. The van der Waals surface area contributed by atoms with Crippen molar-refractivity contribution in [3.63, 3.8) is 0 Å². The van der Waals surface area contributed by atoms with Crippen LogP contribution in [0.25, 0.3) is 0 Å². The molecule has 0 spiro atoms. The number of aromatic hydroxyl groups is 1. The number of amides is 1. The molecule has 0 fully saturated rings. The topological polar surface area (TPSA) is 61.8 Å². The minimum atomic E-state index is -0.210. The van der Waals surface area contributed by atoms with E-state index in [0.717, 1.165) is 6.54 Å². The average molecular weight is 238 g/mol. The first-order valence-corrected chi connectivity index (χ1v) is 5.39. The molecule has 0 aliphatic carbocycles. The molecule has 94 valence electrons. The molecule has 0 saturated carbocycles. The number of ether oxygens (including phenoxy) is 1. The molecular weight excluding hydrogens is 220 g/mol. The van der Waals surface area contributed by atoms with E-state index < -0.39 is 0 Å². The Morgan fingerprint density at radius 1 is 1.53 bits per heavy atom. The van der Waals surface area contributed by atoms with Gasteiger partial charge in [0.05, 0.1) is 18.4 Å². The quantitative estimate of drug-likeness (QED) is 0.828. The van der Waals surface area contributed by atoms with Crippen molar-refractivity contribution < 1.29 is 14.6 Å². The Morgan fingerprint density at radius 3 is 2.65 bits per heavy atom. The number of hydrogen-bond acceptors (Lipinski definition) is 4. The molecule has 0 bridgehead atoms. The highest BCUT2D eigenvalue weighted by atomic mass is 16.5. The van der Waals surface area contributed by atoms with Crippen LogP contribution in [0, 0.1) is 0 Å². The van der Waals surface area contributed by atoms with Crippen LogP contribution < -0.4 is 15.0 Å². The first-order chi connectivity index (χ1) is 8.04. The number of anilines is 1. The van der Waals surface area contributed by atoms with Crippen LogP contribution in [0.5, 0.6) is 11.5 Å². The zero-order chi connectivity index (χ0) is 13.0. The molecule has 1 rings (SSSR count). The Kier molecular flexibility index (Phi) is 4.20. The van der Waals surface area contributed by atoms with Crippen LogP contribution in [-0.4, -0.2) is 38.8 Å². The molecule has 5 heteroatoms. The number of rotatable bonds is 4. The maximum absolute atomic E-state index is 11.8. The monoisotopic (exact) mass is 238 g/mol. The molecule has 1 aromatic rings. The van der Waals surface area contributed by atoms with Gasteiger partial charge in [-0.25, -0.2) is 0 Å². The fourth-order valence-corrected chi connectivity index (χ4v) is 1.52. The third kappa shape index (κ3) is 2.61. The van der Waals surface area contributed by atoms with Crippen molar-refractivity contribution in [3.8, 4) is 11.5 Å². The largest absolute Gasteiger partial charge is 0.504 e. The van der Waals surface area contributed by atoms with Crippen molar-refractivity contribution >= 4 is 11.6 Å². The molecule has 1 aromatic carbocycles. The summed E-state index contributed by atoms with van der Waals surface area (Å²) < 4.78 is 5.00. The van der Waals surface area contributed by atoms with Crippen molar-refractivity contribution in [1.82, 2.24) is 5.32 Å². The van der Waals surface area contributed by atoms with Gasteiger partial charge in [-0.15, -0.1) is 0 Å². The summed E-state index contributed by atoms with van der Waals surface area (Å²) in [6.45, 7) is 2.70. The maximum atomic E-state index is 11.8. The lowest BCUT2D eigenvalue weighted by molar-refractivity contribution is 0.0963. The number of carbonyl (C=O) groups excluding carboxylic acids is 1. The summed E-state index contributed by atoms with van der Waals surface area (Å²) >= 11 is 0. The number of methoxy groups -OCH3 is 1. The van der Waals surface area contributed by atoms with Crippen LogP contribution in [0.4, 0.5) is 5.69 Å². The molecule has 0 aliphatic heterocycles. The van der Waals surface area contributed by atoms with Gasteiger partial charge >= 0.3 is 0 Å². The molecule has 0 atom stereocenters. The Hall–Kier alpha value is -1.91. The minimum absolute atomic E-state index is 0.0236. The highest BCUT2D eigenvalue weighted by Gasteiger charge is 2.17. The smallest absolute Gasteiger partial charge is 0.253 e. The molecule has 0 unspecified atom stereocenters. The van der Waals surface area contributed by atoms with Gasteiger partial charge in [0.15, 0.2) is 11.5 Å². The molecule has 17 heavy (non-hydrogen) atoms. The van der Waals surface area contributed by atoms with Crippen LogP contribution in [0.15, 0.2) is 12.1 Å². The normalized spacial score (nSPS) is 9.88. The summed E-state index contributed by atoms with van der Waals surface area (Å²) in [6.07, 6.45) is 0. The zero-order valence-electron chi connectivity index (χ0n) is 10.6. The highest BCUT2D eigenvalue weighted by molar-refractivity contribution is 6.00. The van der Waals surface area contributed by atoms with Gasteiger partial charge < -0.3 is 20.1 Å².